The first kappa shape index (κ1) is 12.3. The Morgan fingerprint density at radius 1 is 1.33 bits per heavy atom. The van der Waals surface area contributed by atoms with Crippen LogP contribution in [0.2, 0.25) is 0 Å². The van der Waals surface area contributed by atoms with Crippen molar-refractivity contribution in [1.82, 2.24) is 5.32 Å². The molecule has 0 aliphatic heterocycles. The molecule has 12 heavy (non-hydrogen) atoms. The first-order chi connectivity index (χ1) is 5.45. The molecule has 1 unspecified atom stereocenters. The van der Waals surface area contributed by atoms with Gasteiger partial charge in [-0.3, -0.25) is 0 Å². The Kier molecular flexibility index (Phi) is 6.02. The van der Waals surface area contributed by atoms with Crippen LogP contribution in [0, 0.1) is 0 Å². The highest BCUT2D eigenvalue weighted by molar-refractivity contribution is 8.00. The van der Waals surface area contributed by atoms with Gasteiger partial charge in [0.05, 0.1) is 0 Å². The highest BCUT2D eigenvalue weighted by Gasteiger charge is 2.11. The molecule has 0 aliphatic rings. The lowest BCUT2D eigenvalue weighted by Gasteiger charge is -2.21. The van der Waals surface area contributed by atoms with Crippen LogP contribution in [0.15, 0.2) is 0 Å². The van der Waals surface area contributed by atoms with Gasteiger partial charge in [0.2, 0.25) is 0 Å². The largest absolute Gasteiger partial charge is 0.313 e. The van der Waals surface area contributed by atoms with Crippen molar-refractivity contribution in [3.63, 3.8) is 0 Å². The fourth-order valence-corrected chi connectivity index (χ4v) is 1.69. The van der Waals surface area contributed by atoms with Crippen LogP contribution < -0.4 is 5.32 Å². The van der Waals surface area contributed by atoms with Gasteiger partial charge in [0, 0.05) is 16.5 Å². The zero-order valence-corrected chi connectivity index (χ0v) is 9.92. The van der Waals surface area contributed by atoms with Crippen LogP contribution in [0.1, 0.15) is 41.0 Å². The molecule has 0 aromatic heterocycles. The maximum Gasteiger partial charge on any atom is 0.0130 e. The number of rotatable bonds is 5. The molecule has 0 heterocycles. The summed E-state index contributed by atoms with van der Waals surface area (Å²) in [6, 6.07) is 0.647. The molecule has 1 atom stereocenters. The normalized spacial score (nSPS) is 14.8. The summed E-state index contributed by atoms with van der Waals surface area (Å²) >= 11 is 2.03. The highest BCUT2D eigenvalue weighted by Crippen LogP contribution is 2.23. The lowest BCUT2D eigenvalue weighted by molar-refractivity contribution is 0.588. The lowest BCUT2D eigenvalue weighted by atomic mass is 10.3. The molecule has 0 aliphatic carbocycles. The summed E-state index contributed by atoms with van der Waals surface area (Å²) in [5, 5.41) is 3.48. The molecule has 0 aromatic carbocycles. The Morgan fingerprint density at radius 3 is 2.33 bits per heavy atom. The Balaban J connectivity index is 3.37. The van der Waals surface area contributed by atoms with E-state index in [1.807, 2.05) is 11.8 Å². The average molecular weight is 189 g/mol. The van der Waals surface area contributed by atoms with Gasteiger partial charge in [0.25, 0.3) is 0 Å². The molecule has 1 N–H and O–H groups in total. The molecule has 1 nitrogen and oxygen atoms in total. The molecule has 0 saturated carbocycles. The van der Waals surface area contributed by atoms with Gasteiger partial charge in [-0.1, -0.05) is 27.7 Å². The molecule has 0 radical (unpaired) electrons. The smallest absolute Gasteiger partial charge is 0.0130 e. The van der Waals surface area contributed by atoms with Crippen molar-refractivity contribution in [1.29, 1.82) is 0 Å². The van der Waals surface area contributed by atoms with E-state index in [0.717, 1.165) is 6.54 Å². The summed E-state index contributed by atoms with van der Waals surface area (Å²) in [5.41, 5.74) is 0. The van der Waals surface area contributed by atoms with Crippen LogP contribution >= 0.6 is 11.8 Å². The van der Waals surface area contributed by atoms with Gasteiger partial charge in [-0.2, -0.15) is 11.8 Å². The van der Waals surface area contributed by atoms with Gasteiger partial charge >= 0.3 is 0 Å². The zero-order valence-electron chi connectivity index (χ0n) is 9.11. The van der Waals surface area contributed by atoms with E-state index in [2.05, 4.69) is 39.9 Å². The molecule has 0 rings (SSSR count). The maximum absolute atomic E-state index is 3.48. The summed E-state index contributed by atoms with van der Waals surface area (Å²) in [6.45, 7) is 12.4. The van der Waals surface area contributed by atoms with Gasteiger partial charge < -0.3 is 5.32 Å². The predicted molar refractivity (Wildman–Crippen MR) is 60.0 cm³/mol. The third-order valence-electron chi connectivity index (χ3n) is 1.51. The summed E-state index contributed by atoms with van der Waals surface area (Å²) in [5.74, 6) is 1.21. The van der Waals surface area contributed by atoms with Gasteiger partial charge in [0.15, 0.2) is 0 Å². The van der Waals surface area contributed by atoms with Crippen molar-refractivity contribution >= 4 is 11.8 Å². The molecular weight excluding hydrogens is 166 g/mol. The van der Waals surface area contributed by atoms with E-state index in [9.17, 15) is 0 Å². The topological polar surface area (TPSA) is 12.0 Å². The molecule has 0 fully saturated rings. The molecule has 74 valence electrons. The molecule has 2 heteroatoms. The first-order valence-corrected chi connectivity index (χ1v) is 5.81. The van der Waals surface area contributed by atoms with Gasteiger partial charge in [-0.25, -0.2) is 0 Å². The van der Waals surface area contributed by atoms with Crippen LogP contribution in [-0.4, -0.2) is 23.1 Å². The van der Waals surface area contributed by atoms with Crippen molar-refractivity contribution in [2.24, 2.45) is 0 Å². The maximum atomic E-state index is 3.48. The van der Waals surface area contributed by atoms with Crippen molar-refractivity contribution in [3.8, 4) is 0 Å². The van der Waals surface area contributed by atoms with Crippen LogP contribution in [0.3, 0.4) is 0 Å². The number of thioether (sulfide) groups is 1. The van der Waals surface area contributed by atoms with Crippen molar-refractivity contribution in [2.45, 2.75) is 51.8 Å². The second kappa shape index (κ2) is 5.87. The first-order valence-electron chi connectivity index (χ1n) is 4.83. The second-order valence-electron chi connectivity index (χ2n) is 4.28. The number of hydrogen-bond donors (Lipinski definition) is 1. The molecule has 0 amide bonds. The fourth-order valence-electron chi connectivity index (χ4n) is 0.825. The number of nitrogens with one attached hydrogen (secondary N) is 1. The van der Waals surface area contributed by atoms with E-state index in [-0.39, 0.29) is 0 Å². The van der Waals surface area contributed by atoms with E-state index in [4.69, 9.17) is 0 Å². The van der Waals surface area contributed by atoms with E-state index in [1.165, 1.54) is 12.2 Å². The number of hydrogen-bond acceptors (Lipinski definition) is 2. The predicted octanol–water partition coefficient (Wildman–Crippen LogP) is 2.91. The van der Waals surface area contributed by atoms with E-state index >= 15 is 0 Å². The van der Waals surface area contributed by atoms with Crippen LogP contribution in [0.5, 0.6) is 0 Å². The van der Waals surface area contributed by atoms with Crippen LogP contribution in [0.4, 0.5) is 0 Å². The Labute approximate surface area is 81.7 Å². The standard InChI is InChI=1S/C10H23NS/c1-6-7-11-9(2)8-12-10(3,4)5/h9,11H,6-8H2,1-5H3. The SMILES string of the molecule is CCCNC(C)CSC(C)(C)C. The van der Waals surface area contributed by atoms with E-state index in [0.29, 0.717) is 10.8 Å². The molecular formula is C10H23NS. The highest BCUT2D eigenvalue weighted by atomic mass is 32.2. The van der Waals surface area contributed by atoms with E-state index < -0.39 is 0 Å². The minimum Gasteiger partial charge on any atom is -0.313 e. The third kappa shape index (κ3) is 8.41. The monoisotopic (exact) mass is 189 g/mol. The fraction of sp³-hybridized carbons (Fsp3) is 1.00. The average Bonchev–Trinajstić information content (AvgIpc) is 1.95. The van der Waals surface area contributed by atoms with Crippen molar-refractivity contribution in [2.75, 3.05) is 12.3 Å². The summed E-state index contributed by atoms with van der Waals surface area (Å²) in [7, 11) is 0. The minimum atomic E-state index is 0.405. The molecule has 0 aromatic rings. The summed E-state index contributed by atoms with van der Waals surface area (Å²) in [4.78, 5) is 0. The summed E-state index contributed by atoms with van der Waals surface area (Å²) in [6.07, 6.45) is 1.23. The summed E-state index contributed by atoms with van der Waals surface area (Å²) < 4.78 is 0.405. The van der Waals surface area contributed by atoms with Gasteiger partial charge in [-0.15, -0.1) is 0 Å². The minimum absolute atomic E-state index is 0.405. The Bertz CT molecular complexity index is 107. The lowest BCUT2D eigenvalue weighted by Crippen LogP contribution is -2.30. The van der Waals surface area contributed by atoms with Crippen molar-refractivity contribution < 1.29 is 0 Å². The van der Waals surface area contributed by atoms with Gasteiger partial charge in [-0.05, 0) is 19.9 Å². The van der Waals surface area contributed by atoms with Crippen LogP contribution in [-0.2, 0) is 0 Å². The molecule has 0 spiro atoms. The Hall–Kier alpha value is 0.310. The molecule has 0 saturated heterocycles. The quantitative estimate of drug-likeness (QED) is 0.713. The van der Waals surface area contributed by atoms with E-state index in [1.54, 1.807) is 0 Å². The second-order valence-corrected chi connectivity index (χ2v) is 6.13. The van der Waals surface area contributed by atoms with Crippen molar-refractivity contribution in [3.05, 3.63) is 0 Å². The Morgan fingerprint density at radius 2 is 1.92 bits per heavy atom. The van der Waals surface area contributed by atoms with Crippen LogP contribution in [0.25, 0.3) is 0 Å². The van der Waals surface area contributed by atoms with Gasteiger partial charge in [0.1, 0.15) is 0 Å². The third-order valence-corrected chi connectivity index (χ3v) is 3.04. The zero-order chi connectivity index (χ0) is 9.61. The molecule has 0 bridgehead atoms.